The van der Waals surface area contributed by atoms with Crippen LogP contribution in [-0.4, -0.2) is 37.2 Å². The first-order valence-electron chi connectivity index (χ1n) is 33.8. The van der Waals surface area contributed by atoms with E-state index in [0.717, 1.165) is 64.2 Å². The maximum absolute atomic E-state index is 12.9. The molecule has 0 aliphatic rings. The lowest BCUT2D eigenvalue weighted by Gasteiger charge is -2.18. The van der Waals surface area contributed by atoms with E-state index in [2.05, 4.69) is 45.1 Å². The fourth-order valence-corrected chi connectivity index (χ4v) is 10.3. The fourth-order valence-electron chi connectivity index (χ4n) is 10.3. The molecule has 0 aromatic carbocycles. The van der Waals surface area contributed by atoms with Crippen LogP contribution in [0.4, 0.5) is 0 Å². The highest BCUT2D eigenvalue weighted by Gasteiger charge is 2.19. The first kappa shape index (κ1) is 72.9. The lowest BCUT2D eigenvalue weighted by atomic mass is 10.0. The summed E-state index contributed by atoms with van der Waals surface area (Å²) in [6, 6.07) is 0. The predicted molar refractivity (Wildman–Crippen MR) is 326 cm³/mol. The molecular weight excluding hydrogens is 925 g/mol. The molecule has 0 fully saturated rings. The highest BCUT2D eigenvalue weighted by atomic mass is 16.6. The van der Waals surface area contributed by atoms with Crippen LogP contribution in [0, 0.1) is 0 Å². The molecule has 0 aromatic rings. The van der Waals surface area contributed by atoms with Crippen LogP contribution in [-0.2, 0) is 28.6 Å². The van der Waals surface area contributed by atoms with Gasteiger partial charge in [-0.2, -0.15) is 0 Å². The molecule has 0 aliphatic carbocycles. The molecule has 6 heteroatoms. The lowest BCUT2D eigenvalue weighted by Crippen LogP contribution is -2.30. The molecule has 0 spiro atoms. The largest absolute Gasteiger partial charge is 0.462 e. The maximum Gasteiger partial charge on any atom is 0.306 e. The molecular formula is C69H130O6. The minimum absolute atomic E-state index is 0.0688. The number of unbranched alkanes of at least 4 members (excludes halogenated alkanes) is 48. The van der Waals surface area contributed by atoms with Crippen molar-refractivity contribution in [3.05, 3.63) is 24.3 Å². The quantitative estimate of drug-likeness (QED) is 0.0261. The van der Waals surface area contributed by atoms with Crippen molar-refractivity contribution in [1.29, 1.82) is 0 Å². The average molecular weight is 1060 g/mol. The topological polar surface area (TPSA) is 78.9 Å². The third kappa shape index (κ3) is 62.6. The van der Waals surface area contributed by atoms with Crippen LogP contribution in [0.15, 0.2) is 24.3 Å². The molecule has 0 bridgehead atoms. The van der Waals surface area contributed by atoms with Crippen molar-refractivity contribution in [2.45, 2.75) is 386 Å². The van der Waals surface area contributed by atoms with Gasteiger partial charge in [-0.15, -0.1) is 0 Å². The van der Waals surface area contributed by atoms with E-state index in [1.165, 1.54) is 276 Å². The van der Waals surface area contributed by atoms with E-state index in [9.17, 15) is 14.4 Å². The molecule has 0 N–H and O–H groups in total. The fraction of sp³-hybridized carbons (Fsp3) is 0.899. The van der Waals surface area contributed by atoms with E-state index in [0.29, 0.717) is 19.3 Å². The van der Waals surface area contributed by atoms with Crippen molar-refractivity contribution in [2.75, 3.05) is 13.2 Å². The Bertz CT molecular complexity index is 1210. The summed E-state index contributed by atoms with van der Waals surface area (Å²) in [5, 5.41) is 0. The van der Waals surface area contributed by atoms with Crippen molar-refractivity contribution < 1.29 is 28.6 Å². The molecule has 1 atom stereocenters. The monoisotopic (exact) mass is 1050 g/mol. The summed E-state index contributed by atoms with van der Waals surface area (Å²) in [4.78, 5) is 38.3. The SMILES string of the molecule is CCCCCCCCC/C=C\CCCCCCCC(=O)OC(COC(=O)CCCCCCCCCCCCCC)COC(=O)CCCCCCCCCCCCCCCCCCC/C=C\CCCCCCCCCC. The minimum atomic E-state index is -0.771. The second-order valence-electron chi connectivity index (χ2n) is 23.1. The number of hydrogen-bond donors (Lipinski definition) is 0. The number of rotatable bonds is 63. The van der Waals surface area contributed by atoms with E-state index in [1.807, 2.05) is 0 Å². The molecule has 0 saturated heterocycles. The zero-order valence-corrected chi connectivity index (χ0v) is 50.8. The van der Waals surface area contributed by atoms with Gasteiger partial charge in [0.05, 0.1) is 0 Å². The van der Waals surface area contributed by atoms with Gasteiger partial charge in [-0.25, -0.2) is 0 Å². The summed E-state index contributed by atoms with van der Waals surface area (Å²) < 4.78 is 16.9. The minimum Gasteiger partial charge on any atom is -0.462 e. The Balaban J connectivity index is 4.14. The molecule has 0 radical (unpaired) electrons. The molecule has 0 amide bonds. The van der Waals surface area contributed by atoms with E-state index in [1.54, 1.807) is 0 Å². The van der Waals surface area contributed by atoms with Crippen molar-refractivity contribution in [2.24, 2.45) is 0 Å². The van der Waals surface area contributed by atoms with E-state index < -0.39 is 6.10 Å². The van der Waals surface area contributed by atoms with Crippen LogP contribution in [0.3, 0.4) is 0 Å². The number of allylic oxidation sites excluding steroid dienone is 4. The first-order valence-corrected chi connectivity index (χ1v) is 33.8. The smallest absolute Gasteiger partial charge is 0.306 e. The standard InChI is InChI=1S/C69H130O6/c1-4-7-10-13-16-19-22-25-27-29-30-31-32-33-34-35-36-37-38-39-40-41-43-44-47-50-53-56-59-62-68(71)74-65-66(64-73-67(70)61-58-55-52-49-46-24-21-18-15-12-9-6-3)75-69(72)63-60-57-54-51-48-45-42-28-26-23-20-17-14-11-8-5-2/h28-30,42,66H,4-27,31-41,43-65H2,1-3H3/b30-29-,42-28-. The Kier molecular flexibility index (Phi) is 62.6. The summed E-state index contributed by atoms with van der Waals surface area (Å²) in [6.07, 6.45) is 77.8. The summed E-state index contributed by atoms with van der Waals surface area (Å²) >= 11 is 0. The maximum atomic E-state index is 12.9. The van der Waals surface area contributed by atoms with Crippen molar-refractivity contribution in [3.8, 4) is 0 Å². The third-order valence-electron chi connectivity index (χ3n) is 15.4. The van der Waals surface area contributed by atoms with Gasteiger partial charge < -0.3 is 14.2 Å². The van der Waals surface area contributed by atoms with Crippen LogP contribution >= 0.6 is 0 Å². The van der Waals surface area contributed by atoms with Gasteiger partial charge in [-0.3, -0.25) is 14.4 Å². The van der Waals surface area contributed by atoms with Crippen LogP contribution in [0.2, 0.25) is 0 Å². The molecule has 442 valence electrons. The summed E-state index contributed by atoms with van der Waals surface area (Å²) in [5.74, 6) is -0.850. The van der Waals surface area contributed by atoms with Crippen molar-refractivity contribution in [1.82, 2.24) is 0 Å². The summed E-state index contributed by atoms with van der Waals surface area (Å²) in [6.45, 7) is 6.69. The van der Waals surface area contributed by atoms with Gasteiger partial charge in [0.15, 0.2) is 6.10 Å². The van der Waals surface area contributed by atoms with Crippen molar-refractivity contribution in [3.63, 3.8) is 0 Å². The summed E-state index contributed by atoms with van der Waals surface area (Å²) in [5.41, 5.74) is 0. The molecule has 75 heavy (non-hydrogen) atoms. The van der Waals surface area contributed by atoms with Crippen molar-refractivity contribution >= 4 is 17.9 Å². The van der Waals surface area contributed by atoms with Gasteiger partial charge in [0.1, 0.15) is 13.2 Å². The van der Waals surface area contributed by atoms with Gasteiger partial charge in [0.2, 0.25) is 0 Å². The highest BCUT2D eigenvalue weighted by molar-refractivity contribution is 5.71. The number of hydrogen-bond acceptors (Lipinski definition) is 6. The molecule has 6 nitrogen and oxygen atoms in total. The van der Waals surface area contributed by atoms with Crippen LogP contribution < -0.4 is 0 Å². The number of carbonyl (C=O) groups excluding carboxylic acids is 3. The Morgan fingerprint density at radius 2 is 0.440 bits per heavy atom. The number of ether oxygens (including phenoxy) is 3. The van der Waals surface area contributed by atoms with E-state index in [-0.39, 0.29) is 31.1 Å². The Labute approximate surface area is 468 Å². The highest BCUT2D eigenvalue weighted by Crippen LogP contribution is 2.18. The Morgan fingerprint density at radius 1 is 0.253 bits per heavy atom. The second kappa shape index (κ2) is 64.4. The normalized spacial score (nSPS) is 12.1. The predicted octanol–water partition coefficient (Wildman–Crippen LogP) is 23.0. The van der Waals surface area contributed by atoms with E-state index in [4.69, 9.17) is 14.2 Å². The molecule has 0 heterocycles. The molecule has 1 unspecified atom stereocenters. The zero-order valence-electron chi connectivity index (χ0n) is 50.8. The van der Waals surface area contributed by atoms with Gasteiger partial charge in [0, 0.05) is 19.3 Å². The lowest BCUT2D eigenvalue weighted by molar-refractivity contribution is -0.167. The first-order chi connectivity index (χ1) is 37.0. The molecule has 0 saturated carbocycles. The zero-order chi connectivity index (χ0) is 54.3. The third-order valence-corrected chi connectivity index (χ3v) is 15.4. The van der Waals surface area contributed by atoms with Crippen LogP contribution in [0.5, 0.6) is 0 Å². The van der Waals surface area contributed by atoms with E-state index >= 15 is 0 Å². The number of esters is 3. The van der Waals surface area contributed by atoms with Gasteiger partial charge in [-0.1, -0.05) is 315 Å². The number of carbonyl (C=O) groups is 3. The second-order valence-corrected chi connectivity index (χ2v) is 23.1. The van der Waals surface area contributed by atoms with Gasteiger partial charge in [-0.05, 0) is 70.6 Å². The molecule has 0 aromatic heterocycles. The van der Waals surface area contributed by atoms with Gasteiger partial charge >= 0.3 is 17.9 Å². The van der Waals surface area contributed by atoms with Gasteiger partial charge in [0.25, 0.3) is 0 Å². The van der Waals surface area contributed by atoms with Crippen LogP contribution in [0.25, 0.3) is 0 Å². The molecule has 0 rings (SSSR count). The average Bonchev–Trinajstić information content (AvgIpc) is 3.41. The Hall–Kier alpha value is -2.11. The Morgan fingerprint density at radius 3 is 0.667 bits per heavy atom. The molecule has 0 aliphatic heterocycles. The summed E-state index contributed by atoms with van der Waals surface area (Å²) in [7, 11) is 0. The van der Waals surface area contributed by atoms with Crippen LogP contribution in [0.1, 0.15) is 380 Å².